The fraction of sp³-hybridized carbons (Fsp3) is 1.00. The van der Waals surface area contributed by atoms with E-state index in [-0.39, 0.29) is 11.5 Å². The lowest BCUT2D eigenvalue weighted by atomic mass is 9.79. The Labute approximate surface area is 90.4 Å². The van der Waals surface area contributed by atoms with Crippen LogP contribution in [0.4, 0.5) is 8.78 Å². The van der Waals surface area contributed by atoms with Gasteiger partial charge in [-0.2, -0.15) is 0 Å². The molecule has 0 aromatic heterocycles. The number of hydrogen-bond acceptors (Lipinski definition) is 1. The van der Waals surface area contributed by atoms with Crippen LogP contribution in [0.1, 0.15) is 51.4 Å². The van der Waals surface area contributed by atoms with Crippen molar-refractivity contribution in [2.75, 3.05) is 0 Å². The maximum absolute atomic E-state index is 12.4. The molecule has 15 heavy (non-hydrogen) atoms. The average Bonchev–Trinajstić information content (AvgIpc) is 2.95. The molecule has 0 spiro atoms. The zero-order valence-electron chi connectivity index (χ0n) is 9.22. The summed E-state index contributed by atoms with van der Waals surface area (Å²) in [6, 6.07) is 0. The quantitative estimate of drug-likeness (QED) is 0.768. The van der Waals surface area contributed by atoms with Crippen LogP contribution in [0, 0.1) is 11.8 Å². The lowest BCUT2D eigenvalue weighted by Gasteiger charge is -2.28. The van der Waals surface area contributed by atoms with E-state index < -0.39 is 6.43 Å². The van der Waals surface area contributed by atoms with Crippen LogP contribution in [-0.2, 0) is 0 Å². The third-order valence-corrected chi connectivity index (χ3v) is 4.19. The maximum Gasteiger partial charge on any atom is 0.241 e. The van der Waals surface area contributed by atoms with Crippen molar-refractivity contribution in [1.82, 2.24) is 0 Å². The first-order valence-electron chi connectivity index (χ1n) is 6.16. The monoisotopic (exact) mass is 217 g/mol. The Balaban J connectivity index is 1.65. The van der Waals surface area contributed by atoms with Crippen molar-refractivity contribution < 1.29 is 8.78 Å². The SMILES string of the molecule is NC1(CCC2CCC(C(F)F)CC2)CC1. The predicted octanol–water partition coefficient (Wildman–Crippen LogP) is 3.33. The zero-order chi connectivity index (χ0) is 10.9. The highest BCUT2D eigenvalue weighted by atomic mass is 19.3. The standard InChI is InChI=1S/C12H21F2N/c13-11(14)10-3-1-9(2-4-10)5-6-12(15)7-8-12/h9-11H,1-8,15H2. The summed E-state index contributed by atoms with van der Waals surface area (Å²) in [6.07, 6.45) is 5.92. The molecule has 0 saturated heterocycles. The first kappa shape index (κ1) is 11.3. The molecule has 2 aliphatic rings. The average molecular weight is 217 g/mol. The lowest BCUT2D eigenvalue weighted by molar-refractivity contribution is 0.0452. The number of halogens is 2. The van der Waals surface area contributed by atoms with E-state index in [1.807, 2.05) is 0 Å². The predicted molar refractivity (Wildman–Crippen MR) is 56.8 cm³/mol. The minimum atomic E-state index is -2.10. The van der Waals surface area contributed by atoms with Gasteiger partial charge in [-0.15, -0.1) is 0 Å². The Morgan fingerprint density at radius 1 is 1.13 bits per heavy atom. The molecule has 0 heterocycles. The molecule has 0 aromatic carbocycles. The number of nitrogens with two attached hydrogens (primary N) is 1. The van der Waals surface area contributed by atoms with Crippen LogP contribution in [0.15, 0.2) is 0 Å². The fourth-order valence-corrected chi connectivity index (χ4v) is 2.63. The van der Waals surface area contributed by atoms with Gasteiger partial charge in [0.05, 0.1) is 0 Å². The summed E-state index contributed by atoms with van der Waals surface area (Å²) >= 11 is 0. The molecule has 0 amide bonds. The first-order chi connectivity index (χ1) is 7.09. The highest BCUT2D eigenvalue weighted by Crippen LogP contribution is 2.41. The van der Waals surface area contributed by atoms with Crippen molar-refractivity contribution in [3.63, 3.8) is 0 Å². The Hall–Kier alpha value is -0.180. The van der Waals surface area contributed by atoms with E-state index in [0.717, 1.165) is 38.5 Å². The molecule has 88 valence electrons. The van der Waals surface area contributed by atoms with Gasteiger partial charge in [-0.05, 0) is 57.3 Å². The fourth-order valence-electron chi connectivity index (χ4n) is 2.63. The van der Waals surface area contributed by atoms with Crippen molar-refractivity contribution in [2.24, 2.45) is 17.6 Å². The molecule has 2 rings (SSSR count). The number of alkyl halides is 2. The van der Waals surface area contributed by atoms with Crippen LogP contribution in [0.25, 0.3) is 0 Å². The minimum Gasteiger partial charge on any atom is -0.325 e. The Morgan fingerprint density at radius 3 is 2.20 bits per heavy atom. The van der Waals surface area contributed by atoms with Gasteiger partial charge >= 0.3 is 0 Å². The molecule has 0 radical (unpaired) electrons. The van der Waals surface area contributed by atoms with Gasteiger partial charge in [0, 0.05) is 11.5 Å². The minimum absolute atomic E-state index is 0.138. The normalized spacial score (nSPS) is 34.4. The first-order valence-corrected chi connectivity index (χ1v) is 6.16. The van der Waals surface area contributed by atoms with E-state index in [1.54, 1.807) is 0 Å². The molecule has 0 bridgehead atoms. The topological polar surface area (TPSA) is 26.0 Å². The molecule has 0 atom stereocenters. The summed E-state index contributed by atoms with van der Waals surface area (Å²) in [4.78, 5) is 0. The second kappa shape index (κ2) is 4.36. The van der Waals surface area contributed by atoms with Crippen LogP contribution in [0.2, 0.25) is 0 Å². The molecule has 2 aliphatic carbocycles. The van der Waals surface area contributed by atoms with Crippen LogP contribution in [0.3, 0.4) is 0 Å². The van der Waals surface area contributed by atoms with Crippen molar-refractivity contribution in [1.29, 1.82) is 0 Å². The van der Waals surface area contributed by atoms with Gasteiger partial charge in [0.1, 0.15) is 0 Å². The molecule has 0 unspecified atom stereocenters. The Bertz CT molecular complexity index is 206. The lowest BCUT2D eigenvalue weighted by Crippen LogP contribution is -2.25. The molecule has 1 nitrogen and oxygen atoms in total. The summed E-state index contributed by atoms with van der Waals surface area (Å²) in [6.45, 7) is 0. The van der Waals surface area contributed by atoms with E-state index in [4.69, 9.17) is 5.73 Å². The highest BCUT2D eigenvalue weighted by Gasteiger charge is 2.38. The van der Waals surface area contributed by atoms with Gasteiger partial charge in [0.2, 0.25) is 6.43 Å². The second-order valence-electron chi connectivity index (χ2n) is 5.52. The van der Waals surface area contributed by atoms with Crippen molar-refractivity contribution in [3.05, 3.63) is 0 Å². The molecule has 2 fully saturated rings. The Morgan fingerprint density at radius 2 is 1.73 bits per heavy atom. The van der Waals surface area contributed by atoms with E-state index in [2.05, 4.69) is 0 Å². The number of rotatable bonds is 4. The van der Waals surface area contributed by atoms with Crippen molar-refractivity contribution in [3.8, 4) is 0 Å². The van der Waals surface area contributed by atoms with Gasteiger partial charge in [0.15, 0.2) is 0 Å². The number of hydrogen-bond donors (Lipinski definition) is 1. The summed E-state index contributed by atoms with van der Waals surface area (Å²) in [5.74, 6) is 0.343. The molecule has 3 heteroatoms. The molecule has 0 aromatic rings. The third kappa shape index (κ3) is 3.13. The molecule has 2 saturated carbocycles. The van der Waals surface area contributed by atoms with Crippen LogP contribution >= 0.6 is 0 Å². The molecular weight excluding hydrogens is 196 g/mol. The smallest absolute Gasteiger partial charge is 0.241 e. The van der Waals surface area contributed by atoms with E-state index in [9.17, 15) is 8.78 Å². The van der Waals surface area contributed by atoms with E-state index >= 15 is 0 Å². The zero-order valence-corrected chi connectivity index (χ0v) is 9.22. The van der Waals surface area contributed by atoms with Crippen molar-refractivity contribution >= 4 is 0 Å². The summed E-state index contributed by atoms with van der Waals surface area (Å²) in [5.41, 5.74) is 6.16. The van der Waals surface area contributed by atoms with Gasteiger partial charge in [-0.3, -0.25) is 0 Å². The maximum atomic E-state index is 12.4. The van der Waals surface area contributed by atoms with Gasteiger partial charge in [-0.1, -0.05) is 0 Å². The van der Waals surface area contributed by atoms with E-state index in [1.165, 1.54) is 12.8 Å². The second-order valence-corrected chi connectivity index (χ2v) is 5.52. The van der Waals surface area contributed by atoms with Gasteiger partial charge in [0.25, 0.3) is 0 Å². The Kier molecular flexibility index (Phi) is 3.29. The summed E-state index contributed by atoms with van der Waals surface area (Å²) in [7, 11) is 0. The van der Waals surface area contributed by atoms with Gasteiger partial charge in [-0.25, -0.2) is 8.78 Å². The van der Waals surface area contributed by atoms with Crippen molar-refractivity contribution in [2.45, 2.75) is 63.3 Å². The molecular formula is C12H21F2N. The van der Waals surface area contributed by atoms with Crippen LogP contribution < -0.4 is 5.73 Å². The summed E-state index contributed by atoms with van der Waals surface area (Å²) in [5, 5.41) is 0. The third-order valence-electron chi connectivity index (χ3n) is 4.19. The van der Waals surface area contributed by atoms with Gasteiger partial charge < -0.3 is 5.73 Å². The highest BCUT2D eigenvalue weighted by molar-refractivity contribution is 4.98. The molecule has 2 N–H and O–H groups in total. The largest absolute Gasteiger partial charge is 0.325 e. The van der Waals surface area contributed by atoms with Crippen LogP contribution in [0.5, 0.6) is 0 Å². The van der Waals surface area contributed by atoms with Crippen LogP contribution in [-0.4, -0.2) is 12.0 Å². The van der Waals surface area contributed by atoms with E-state index in [0.29, 0.717) is 5.92 Å². The summed E-state index contributed by atoms with van der Waals surface area (Å²) < 4.78 is 24.8. The molecule has 0 aliphatic heterocycles.